The van der Waals surface area contributed by atoms with Crippen molar-refractivity contribution >= 4 is 50.8 Å². The molecule has 1 amide bonds. The van der Waals surface area contributed by atoms with Crippen LogP contribution < -0.4 is 5.32 Å². The Morgan fingerprint density at radius 3 is 2.76 bits per heavy atom. The fourth-order valence-electron chi connectivity index (χ4n) is 5.67. The van der Waals surface area contributed by atoms with Gasteiger partial charge >= 0.3 is 0 Å². The first-order valence-electron chi connectivity index (χ1n) is 14.1. The monoisotopic (exact) mass is 576 g/mol. The van der Waals surface area contributed by atoms with E-state index in [1.54, 1.807) is 31.7 Å². The van der Waals surface area contributed by atoms with Gasteiger partial charge in [-0.2, -0.15) is 5.10 Å². The molecule has 0 aromatic carbocycles. The third-order valence-electron chi connectivity index (χ3n) is 7.80. The van der Waals surface area contributed by atoms with Crippen LogP contribution in [0.3, 0.4) is 0 Å². The van der Waals surface area contributed by atoms with E-state index >= 15 is 0 Å². The molecule has 1 aliphatic carbocycles. The molecule has 0 spiro atoms. The second kappa shape index (κ2) is 10.9. The Kier molecular flexibility index (Phi) is 6.79. The topological polar surface area (TPSA) is 142 Å². The molecule has 1 saturated carbocycles. The van der Waals surface area contributed by atoms with Gasteiger partial charge in [0.1, 0.15) is 5.69 Å². The van der Waals surface area contributed by atoms with E-state index < -0.39 is 0 Å². The van der Waals surface area contributed by atoms with Crippen LogP contribution in [-0.4, -0.2) is 46.8 Å². The SMILES string of the molecule is CC(=O)c1ccc(-c2ccnc3nc(-c4n[nH]c5cnc(-c6cncc(NC(=O)CC7CCCCC7)c6)cc45)[nH]c23)s1. The Morgan fingerprint density at radius 2 is 1.93 bits per heavy atom. The Bertz CT molecular complexity index is 1950. The van der Waals surface area contributed by atoms with Gasteiger partial charge in [0.15, 0.2) is 17.3 Å². The fraction of sp³-hybridized carbons (Fsp3) is 0.258. The van der Waals surface area contributed by atoms with Crippen molar-refractivity contribution in [2.45, 2.75) is 45.4 Å². The zero-order valence-electron chi connectivity index (χ0n) is 23.0. The van der Waals surface area contributed by atoms with Gasteiger partial charge in [0.25, 0.3) is 0 Å². The molecule has 6 aromatic heterocycles. The molecular weight excluding hydrogens is 548 g/mol. The van der Waals surface area contributed by atoms with Crippen molar-refractivity contribution in [3.63, 3.8) is 0 Å². The van der Waals surface area contributed by atoms with Crippen LogP contribution in [0.5, 0.6) is 0 Å². The van der Waals surface area contributed by atoms with E-state index in [1.165, 1.54) is 30.6 Å². The fourth-order valence-corrected chi connectivity index (χ4v) is 6.60. The summed E-state index contributed by atoms with van der Waals surface area (Å²) in [4.78, 5) is 47.8. The van der Waals surface area contributed by atoms with Gasteiger partial charge in [0, 0.05) is 40.2 Å². The van der Waals surface area contributed by atoms with Crippen molar-refractivity contribution in [2.75, 3.05) is 5.32 Å². The van der Waals surface area contributed by atoms with Gasteiger partial charge in [-0.3, -0.25) is 24.7 Å². The van der Waals surface area contributed by atoms with E-state index in [1.807, 2.05) is 30.3 Å². The van der Waals surface area contributed by atoms with Crippen LogP contribution in [0.1, 0.15) is 55.1 Å². The minimum Gasteiger partial charge on any atom is -0.335 e. The quantitative estimate of drug-likeness (QED) is 0.177. The van der Waals surface area contributed by atoms with E-state index in [0.29, 0.717) is 45.8 Å². The average molecular weight is 577 g/mol. The molecule has 210 valence electrons. The number of nitrogens with one attached hydrogen (secondary N) is 3. The number of pyridine rings is 3. The van der Waals surface area contributed by atoms with E-state index in [0.717, 1.165) is 45.3 Å². The maximum atomic E-state index is 12.7. The number of nitrogens with zero attached hydrogens (tertiary/aromatic N) is 5. The van der Waals surface area contributed by atoms with E-state index in [4.69, 9.17) is 4.98 Å². The molecule has 42 heavy (non-hydrogen) atoms. The summed E-state index contributed by atoms with van der Waals surface area (Å²) < 4.78 is 0. The number of thiophene rings is 1. The number of carbonyl (C=O) groups excluding carboxylic acids is 2. The lowest BCUT2D eigenvalue weighted by Crippen LogP contribution is -2.18. The number of amides is 1. The molecule has 1 aliphatic rings. The second-order valence-electron chi connectivity index (χ2n) is 10.8. The molecule has 6 aromatic rings. The molecular formula is C31H28N8O2S. The van der Waals surface area contributed by atoms with Gasteiger partial charge in [-0.15, -0.1) is 11.3 Å². The van der Waals surface area contributed by atoms with Gasteiger partial charge < -0.3 is 10.3 Å². The van der Waals surface area contributed by atoms with Crippen LogP contribution in [0.25, 0.3) is 55.3 Å². The summed E-state index contributed by atoms with van der Waals surface area (Å²) in [6.07, 6.45) is 13.3. The predicted molar refractivity (Wildman–Crippen MR) is 163 cm³/mol. The predicted octanol–water partition coefficient (Wildman–Crippen LogP) is 6.80. The molecule has 10 nitrogen and oxygen atoms in total. The minimum atomic E-state index is 0.0271. The van der Waals surface area contributed by atoms with Crippen molar-refractivity contribution < 1.29 is 9.59 Å². The van der Waals surface area contributed by atoms with E-state index in [2.05, 4.69) is 35.5 Å². The molecule has 0 bridgehead atoms. The number of aromatic amines is 2. The molecule has 0 saturated heterocycles. The standard InChI is InChI=1S/C31H28N8O2S/c1-17(40)25-7-8-26(42-25)21-9-10-33-30-28(21)36-31(37-30)29-22-13-23(34-16-24(22)38-39-29)19-12-20(15-32-14-19)35-27(41)11-18-5-3-2-4-6-18/h7-10,12-16,18H,2-6,11H2,1H3,(H,35,41)(H,38,39)(H,33,36,37). The van der Waals surface area contributed by atoms with E-state index in [9.17, 15) is 9.59 Å². The van der Waals surface area contributed by atoms with Crippen LogP contribution >= 0.6 is 11.3 Å². The number of H-pyrrole nitrogens is 2. The summed E-state index contributed by atoms with van der Waals surface area (Å²) in [6.45, 7) is 1.57. The average Bonchev–Trinajstić information content (AvgIpc) is 3.75. The molecule has 0 aliphatic heterocycles. The maximum absolute atomic E-state index is 12.7. The number of carbonyl (C=O) groups is 2. The Balaban J connectivity index is 1.19. The van der Waals surface area contributed by atoms with Crippen LogP contribution in [0.4, 0.5) is 5.69 Å². The third kappa shape index (κ3) is 5.07. The highest BCUT2D eigenvalue weighted by molar-refractivity contribution is 7.17. The first kappa shape index (κ1) is 26.1. The zero-order valence-corrected chi connectivity index (χ0v) is 23.8. The molecule has 0 radical (unpaired) electrons. The lowest BCUT2D eigenvalue weighted by Gasteiger charge is -2.20. The number of Topliss-reactive ketones (excluding diaryl/α,β-unsaturated/α-hetero) is 1. The molecule has 0 unspecified atom stereocenters. The number of rotatable bonds is 7. The van der Waals surface area contributed by atoms with Crippen LogP contribution in [0.15, 0.2) is 55.1 Å². The summed E-state index contributed by atoms with van der Waals surface area (Å²) in [6, 6.07) is 9.54. The number of aromatic nitrogens is 7. The lowest BCUT2D eigenvalue weighted by atomic mass is 9.87. The van der Waals surface area contributed by atoms with Crippen LogP contribution in [0, 0.1) is 5.92 Å². The Labute approximate surface area is 245 Å². The molecule has 11 heteroatoms. The minimum absolute atomic E-state index is 0.0271. The van der Waals surface area contributed by atoms with Gasteiger partial charge in [-0.25, -0.2) is 9.97 Å². The number of imidazole rings is 1. The highest BCUT2D eigenvalue weighted by Crippen LogP contribution is 2.35. The smallest absolute Gasteiger partial charge is 0.224 e. The van der Waals surface area contributed by atoms with Gasteiger partial charge in [0.05, 0.1) is 39.7 Å². The summed E-state index contributed by atoms with van der Waals surface area (Å²) in [5.74, 6) is 1.10. The first-order valence-corrected chi connectivity index (χ1v) is 14.9. The lowest BCUT2D eigenvalue weighted by molar-refractivity contribution is -0.117. The summed E-state index contributed by atoms with van der Waals surface area (Å²) >= 11 is 1.44. The molecule has 1 fully saturated rings. The van der Waals surface area contributed by atoms with E-state index in [-0.39, 0.29) is 11.7 Å². The zero-order chi connectivity index (χ0) is 28.6. The highest BCUT2D eigenvalue weighted by Gasteiger charge is 2.19. The van der Waals surface area contributed by atoms with Crippen LogP contribution in [0.2, 0.25) is 0 Å². The number of hydrogen-bond donors (Lipinski definition) is 3. The molecule has 3 N–H and O–H groups in total. The molecule has 7 rings (SSSR count). The molecule has 6 heterocycles. The molecule has 0 atom stereocenters. The number of hydrogen-bond acceptors (Lipinski definition) is 8. The summed E-state index contributed by atoms with van der Waals surface area (Å²) in [5, 5.41) is 11.4. The number of anilines is 1. The van der Waals surface area contributed by atoms with Crippen LogP contribution in [-0.2, 0) is 4.79 Å². The number of ketones is 1. The van der Waals surface area contributed by atoms with Crippen molar-refractivity contribution in [3.05, 3.63) is 60.0 Å². The van der Waals surface area contributed by atoms with Gasteiger partial charge in [0.2, 0.25) is 5.91 Å². The van der Waals surface area contributed by atoms with Gasteiger partial charge in [-0.1, -0.05) is 19.3 Å². The maximum Gasteiger partial charge on any atom is 0.224 e. The summed E-state index contributed by atoms with van der Waals surface area (Å²) in [5.41, 5.74) is 5.79. The largest absolute Gasteiger partial charge is 0.335 e. The van der Waals surface area contributed by atoms with Crippen molar-refractivity contribution in [2.24, 2.45) is 5.92 Å². The van der Waals surface area contributed by atoms with Crippen molar-refractivity contribution in [3.8, 4) is 33.2 Å². The normalized spacial score (nSPS) is 14.0. The summed E-state index contributed by atoms with van der Waals surface area (Å²) in [7, 11) is 0. The van der Waals surface area contributed by atoms with Gasteiger partial charge in [-0.05, 0) is 56.0 Å². The number of fused-ring (bicyclic) bond motifs is 2. The third-order valence-corrected chi connectivity index (χ3v) is 9.02. The Hall–Kier alpha value is -4.77. The Morgan fingerprint density at radius 1 is 1.05 bits per heavy atom. The second-order valence-corrected chi connectivity index (χ2v) is 11.9. The van der Waals surface area contributed by atoms with Crippen molar-refractivity contribution in [1.82, 2.24) is 35.1 Å². The van der Waals surface area contributed by atoms with Crippen molar-refractivity contribution in [1.29, 1.82) is 0 Å². The first-order chi connectivity index (χ1) is 20.5. The highest BCUT2D eigenvalue weighted by atomic mass is 32.1.